The van der Waals surface area contributed by atoms with Crippen LogP contribution in [0.1, 0.15) is 6.92 Å². The van der Waals surface area contributed by atoms with Crippen molar-refractivity contribution in [2.24, 2.45) is 4.99 Å². The number of benzene rings is 1. The number of hydrogen-bond donors (Lipinski definition) is 2. The third-order valence-electron chi connectivity index (χ3n) is 4.61. The van der Waals surface area contributed by atoms with Crippen molar-refractivity contribution in [2.75, 3.05) is 45.7 Å². The van der Waals surface area contributed by atoms with Crippen molar-refractivity contribution in [3.63, 3.8) is 0 Å². The van der Waals surface area contributed by atoms with Gasteiger partial charge in [-0.25, -0.2) is 15.4 Å². The second-order valence-electron chi connectivity index (χ2n) is 7.01. The minimum Gasteiger partial charge on any atom is -0.378 e. The van der Waals surface area contributed by atoms with Crippen LogP contribution in [0.5, 0.6) is 0 Å². The quantitative estimate of drug-likeness (QED) is 0.664. The standard InChI is InChI=1S/C19H25BrN6OS/c1-13-18(20)19-22-16(25-8-10-27-11-9-25)12-17(26(19)23-13)21-14-4-6-15(7-5-14)28-24(2)3/h4-7,12-13,21,23H,8-11H2,1-3H3. The number of hydrogen-bond acceptors (Lipinski definition) is 8. The molecule has 28 heavy (non-hydrogen) atoms. The molecule has 0 aromatic heterocycles. The summed E-state index contributed by atoms with van der Waals surface area (Å²) in [7, 11) is 4.09. The molecule has 0 radical (unpaired) electrons. The Labute approximate surface area is 178 Å². The van der Waals surface area contributed by atoms with Crippen molar-refractivity contribution in [1.82, 2.24) is 19.6 Å². The number of nitrogens with zero attached hydrogens (tertiary/aromatic N) is 4. The Kier molecular flexibility index (Phi) is 5.98. The summed E-state index contributed by atoms with van der Waals surface area (Å²) < 4.78 is 8.64. The number of anilines is 1. The maximum absolute atomic E-state index is 5.49. The highest BCUT2D eigenvalue weighted by Crippen LogP contribution is 2.33. The van der Waals surface area contributed by atoms with E-state index in [0.29, 0.717) is 0 Å². The zero-order valence-electron chi connectivity index (χ0n) is 16.3. The normalized spacial score (nSPS) is 22.4. The molecule has 0 spiro atoms. The average molecular weight is 465 g/mol. The van der Waals surface area contributed by atoms with Crippen molar-refractivity contribution in [2.45, 2.75) is 17.9 Å². The van der Waals surface area contributed by atoms with E-state index < -0.39 is 0 Å². The maximum atomic E-state index is 5.49. The summed E-state index contributed by atoms with van der Waals surface area (Å²) in [6, 6.07) is 8.63. The Morgan fingerprint density at radius 2 is 1.96 bits per heavy atom. The molecule has 4 rings (SSSR count). The topological polar surface area (TPSA) is 55.4 Å². The minimum atomic E-state index is 0.173. The van der Waals surface area contributed by atoms with Gasteiger partial charge in [0.05, 0.1) is 23.7 Å². The lowest BCUT2D eigenvalue weighted by Crippen LogP contribution is -2.44. The van der Waals surface area contributed by atoms with Crippen LogP contribution < -0.4 is 10.7 Å². The van der Waals surface area contributed by atoms with Gasteiger partial charge in [-0.05, 0) is 73.2 Å². The molecule has 0 aliphatic carbocycles. The lowest BCUT2D eigenvalue weighted by molar-refractivity contribution is 0.0681. The predicted octanol–water partition coefficient (Wildman–Crippen LogP) is 3.03. The van der Waals surface area contributed by atoms with Crippen LogP contribution in [0.3, 0.4) is 0 Å². The third-order valence-corrected chi connectivity index (χ3v) is 6.49. The summed E-state index contributed by atoms with van der Waals surface area (Å²) in [5.41, 5.74) is 4.49. The van der Waals surface area contributed by atoms with Gasteiger partial charge in [-0.1, -0.05) is 0 Å². The zero-order chi connectivity index (χ0) is 19.7. The molecule has 3 heterocycles. The molecule has 7 nitrogen and oxygen atoms in total. The highest BCUT2D eigenvalue weighted by atomic mass is 79.9. The third kappa shape index (κ3) is 4.23. The first kappa shape index (κ1) is 19.8. The molecule has 150 valence electrons. The molecule has 0 amide bonds. The Balaban J connectivity index is 1.59. The summed E-state index contributed by atoms with van der Waals surface area (Å²) in [5.74, 6) is 2.82. The fraction of sp³-hybridized carbons (Fsp3) is 0.421. The molecule has 0 bridgehead atoms. The van der Waals surface area contributed by atoms with E-state index in [-0.39, 0.29) is 6.04 Å². The SMILES string of the molecule is CC1NN2C(Nc3ccc(SN(C)C)cc3)=CC(N3CCOCC3)=NC2=C1Br. The van der Waals surface area contributed by atoms with Gasteiger partial charge in [0, 0.05) is 29.7 Å². The summed E-state index contributed by atoms with van der Waals surface area (Å²) in [4.78, 5) is 8.38. The molecule has 1 aromatic rings. The Morgan fingerprint density at radius 3 is 2.64 bits per heavy atom. The fourth-order valence-electron chi connectivity index (χ4n) is 3.23. The number of morpholine rings is 1. The lowest BCUT2D eigenvalue weighted by atomic mass is 10.3. The predicted molar refractivity (Wildman–Crippen MR) is 118 cm³/mol. The second-order valence-corrected chi connectivity index (χ2v) is 9.25. The molecule has 1 fully saturated rings. The first-order valence-electron chi connectivity index (χ1n) is 9.32. The van der Waals surface area contributed by atoms with E-state index in [9.17, 15) is 0 Å². The number of ether oxygens (including phenoxy) is 1. The molecule has 1 saturated heterocycles. The van der Waals surface area contributed by atoms with Gasteiger partial charge in [0.1, 0.15) is 11.7 Å². The molecule has 3 aliphatic rings. The van der Waals surface area contributed by atoms with E-state index in [2.05, 4.69) is 73.1 Å². The van der Waals surface area contributed by atoms with E-state index in [1.54, 1.807) is 11.9 Å². The molecular formula is C19H25BrN6OS. The van der Waals surface area contributed by atoms with Crippen LogP contribution in [0.2, 0.25) is 0 Å². The Hall–Kier alpha value is -1.52. The van der Waals surface area contributed by atoms with Crippen molar-refractivity contribution in [3.8, 4) is 0 Å². The molecule has 1 atom stereocenters. The number of nitrogens with one attached hydrogen (secondary N) is 2. The smallest absolute Gasteiger partial charge is 0.163 e. The highest BCUT2D eigenvalue weighted by molar-refractivity contribution is 9.11. The monoisotopic (exact) mass is 464 g/mol. The number of amidine groups is 1. The summed E-state index contributed by atoms with van der Waals surface area (Å²) in [6.07, 6.45) is 2.10. The summed E-state index contributed by atoms with van der Waals surface area (Å²) in [6.45, 7) is 5.29. The highest BCUT2D eigenvalue weighted by Gasteiger charge is 2.33. The Morgan fingerprint density at radius 1 is 1.25 bits per heavy atom. The molecule has 2 N–H and O–H groups in total. The average Bonchev–Trinajstić information content (AvgIpc) is 2.98. The van der Waals surface area contributed by atoms with Crippen molar-refractivity contribution in [3.05, 3.63) is 46.5 Å². The van der Waals surface area contributed by atoms with Crippen LogP contribution in [0.25, 0.3) is 0 Å². The second kappa shape index (κ2) is 8.46. The van der Waals surface area contributed by atoms with Gasteiger partial charge < -0.3 is 15.0 Å². The van der Waals surface area contributed by atoms with Gasteiger partial charge in [-0.2, -0.15) is 0 Å². The van der Waals surface area contributed by atoms with Gasteiger partial charge in [-0.3, -0.25) is 4.31 Å². The summed E-state index contributed by atoms with van der Waals surface area (Å²) in [5, 5.41) is 5.57. The van der Waals surface area contributed by atoms with E-state index in [4.69, 9.17) is 9.73 Å². The van der Waals surface area contributed by atoms with Crippen molar-refractivity contribution in [1.29, 1.82) is 0 Å². The molecule has 1 unspecified atom stereocenters. The van der Waals surface area contributed by atoms with Gasteiger partial charge in [0.2, 0.25) is 0 Å². The van der Waals surface area contributed by atoms with Crippen LogP contribution in [-0.2, 0) is 4.74 Å². The minimum absolute atomic E-state index is 0.173. The van der Waals surface area contributed by atoms with Crippen LogP contribution in [-0.4, -0.2) is 66.5 Å². The van der Waals surface area contributed by atoms with Crippen LogP contribution in [0.4, 0.5) is 5.69 Å². The maximum Gasteiger partial charge on any atom is 0.163 e. The van der Waals surface area contributed by atoms with Crippen LogP contribution in [0, 0.1) is 0 Å². The zero-order valence-corrected chi connectivity index (χ0v) is 18.7. The van der Waals surface area contributed by atoms with E-state index in [1.807, 2.05) is 19.1 Å². The molecular weight excluding hydrogens is 440 g/mol. The van der Waals surface area contributed by atoms with Crippen LogP contribution >= 0.6 is 27.9 Å². The largest absolute Gasteiger partial charge is 0.378 e. The van der Waals surface area contributed by atoms with Gasteiger partial charge in [0.25, 0.3) is 0 Å². The van der Waals surface area contributed by atoms with Crippen molar-refractivity contribution >= 4 is 39.4 Å². The number of fused-ring (bicyclic) bond motifs is 1. The fourth-order valence-corrected chi connectivity index (χ4v) is 4.28. The number of hydrazine groups is 1. The lowest BCUT2D eigenvalue weighted by Gasteiger charge is -2.34. The first-order chi connectivity index (χ1) is 13.5. The van der Waals surface area contributed by atoms with E-state index >= 15 is 0 Å². The molecule has 0 saturated carbocycles. The van der Waals surface area contributed by atoms with E-state index in [0.717, 1.165) is 54.0 Å². The van der Waals surface area contributed by atoms with E-state index in [1.165, 1.54) is 4.90 Å². The first-order valence-corrected chi connectivity index (χ1v) is 10.9. The number of halogens is 1. The summed E-state index contributed by atoms with van der Waals surface area (Å²) >= 11 is 5.41. The number of aliphatic imine (C=N–C) groups is 1. The van der Waals surface area contributed by atoms with Gasteiger partial charge in [0.15, 0.2) is 5.82 Å². The number of rotatable bonds is 4. The van der Waals surface area contributed by atoms with Crippen molar-refractivity contribution < 1.29 is 4.74 Å². The van der Waals surface area contributed by atoms with Crippen LogP contribution in [0.15, 0.2) is 56.4 Å². The Bertz CT molecular complexity index is 816. The van der Waals surface area contributed by atoms with Gasteiger partial charge >= 0.3 is 0 Å². The molecule has 1 aromatic carbocycles. The molecule has 3 aliphatic heterocycles. The molecule has 9 heteroatoms. The van der Waals surface area contributed by atoms with Gasteiger partial charge in [-0.15, -0.1) is 0 Å².